The van der Waals surface area contributed by atoms with Crippen molar-refractivity contribution in [3.63, 3.8) is 0 Å². The molecule has 71 heavy (non-hydrogen) atoms. The van der Waals surface area contributed by atoms with Gasteiger partial charge in [-0.3, -0.25) is 0 Å². The zero-order chi connectivity index (χ0) is 49.1. The van der Waals surface area contributed by atoms with E-state index in [4.69, 9.17) is 18.9 Å². The Morgan fingerprint density at radius 3 is 0.930 bits per heavy atom. The van der Waals surface area contributed by atoms with Crippen molar-refractivity contribution in [2.24, 2.45) is 0 Å². The molecule has 8 aromatic carbocycles. The van der Waals surface area contributed by atoms with Crippen LogP contribution in [0.15, 0.2) is 231 Å². The molecule has 0 heterocycles. The third-order valence-electron chi connectivity index (χ3n) is 13.2. The number of hydrogen-bond donors (Lipinski definition) is 0. The van der Waals surface area contributed by atoms with Crippen LogP contribution in [-0.4, -0.2) is 51.3 Å². The van der Waals surface area contributed by atoms with Crippen molar-refractivity contribution in [3.05, 3.63) is 242 Å². The maximum absolute atomic E-state index is 13.0. The number of methoxy groups -OCH3 is 2. The van der Waals surface area contributed by atoms with Crippen LogP contribution in [0.2, 0.25) is 0 Å². The van der Waals surface area contributed by atoms with E-state index in [0.29, 0.717) is 36.2 Å². The zero-order valence-electron chi connectivity index (χ0n) is 40.5. The van der Waals surface area contributed by atoms with E-state index in [1.165, 1.54) is 44.0 Å². The van der Waals surface area contributed by atoms with Crippen molar-refractivity contribution in [1.82, 2.24) is 0 Å². The SMILES string of the molecule is COc1cc(/C=C/C(=O)CC(=O)/C=C/c2ccc(OCCC[PH](c3ccccc3)(c3ccccc3)c3ccccc3)c(OC)c2)ccc1OCCC[PH](c1ccccc1)(c1ccccc1)c1ccccc1. The van der Waals surface area contributed by atoms with E-state index in [2.05, 4.69) is 182 Å². The molecule has 0 atom stereocenters. The Kier molecular flexibility index (Phi) is 17.6. The van der Waals surface area contributed by atoms with Crippen molar-refractivity contribution >= 4 is 70.1 Å². The Bertz CT molecular complexity index is 2600. The number of ether oxygens (including phenoxy) is 4. The first kappa shape index (κ1) is 50.0. The fourth-order valence-electron chi connectivity index (χ4n) is 9.72. The van der Waals surface area contributed by atoms with Gasteiger partial charge in [0.25, 0.3) is 0 Å². The van der Waals surface area contributed by atoms with E-state index < -0.39 is 14.5 Å². The molecular weight excluding hydrogens is 915 g/mol. The van der Waals surface area contributed by atoms with Crippen LogP contribution in [0.4, 0.5) is 0 Å². The summed E-state index contributed by atoms with van der Waals surface area (Å²) in [6.45, 7) is 1.02. The summed E-state index contributed by atoms with van der Waals surface area (Å²) < 4.78 is 24.2. The van der Waals surface area contributed by atoms with Gasteiger partial charge < -0.3 is 0 Å². The number of carbonyl (C=O) groups is 2. The fraction of sp³-hybridized carbons (Fsp3) is 0.143. The number of hydrogen-bond acceptors (Lipinski definition) is 6. The second kappa shape index (κ2) is 25.0. The molecule has 0 radical (unpaired) electrons. The van der Waals surface area contributed by atoms with Crippen LogP contribution in [0.3, 0.4) is 0 Å². The predicted molar refractivity (Wildman–Crippen MR) is 302 cm³/mol. The average Bonchev–Trinajstić information content (AvgIpc) is 3.44. The zero-order valence-corrected chi connectivity index (χ0v) is 42.5. The maximum atomic E-state index is 13.0. The second-order valence-corrected chi connectivity index (χ2v) is 25.6. The minimum atomic E-state index is -2.38. The van der Waals surface area contributed by atoms with Gasteiger partial charge >= 0.3 is 422 Å². The summed E-state index contributed by atoms with van der Waals surface area (Å²) in [6.07, 6.45) is 9.60. The number of carbonyl (C=O) groups excluding carboxylic acids is 2. The summed E-state index contributed by atoms with van der Waals surface area (Å²) in [4.78, 5) is 25.9. The Balaban J connectivity index is 0.847. The van der Waals surface area contributed by atoms with Crippen LogP contribution in [0.25, 0.3) is 12.2 Å². The normalized spacial score (nSPS) is 12.1. The molecule has 0 bridgehead atoms. The summed E-state index contributed by atoms with van der Waals surface area (Å²) in [5.74, 6) is 1.80. The first-order valence-corrected chi connectivity index (χ1v) is 28.7. The molecule has 0 saturated heterocycles. The monoisotopic (exact) mass is 976 g/mol. The molecule has 0 fully saturated rings. The molecule has 0 aliphatic heterocycles. The molecule has 0 amide bonds. The summed E-state index contributed by atoms with van der Waals surface area (Å²) in [7, 11) is -1.54. The van der Waals surface area contributed by atoms with Crippen LogP contribution >= 0.6 is 14.5 Å². The van der Waals surface area contributed by atoms with E-state index in [1.807, 2.05) is 36.4 Å². The number of ketones is 2. The minimum absolute atomic E-state index is 0.261. The van der Waals surface area contributed by atoms with E-state index in [1.54, 1.807) is 26.4 Å². The van der Waals surface area contributed by atoms with Crippen molar-refractivity contribution in [2.45, 2.75) is 19.3 Å². The number of benzene rings is 8. The van der Waals surface area contributed by atoms with Gasteiger partial charge in [-0.2, -0.15) is 0 Å². The van der Waals surface area contributed by atoms with Crippen LogP contribution in [0.5, 0.6) is 23.0 Å². The van der Waals surface area contributed by atoms with Crippen LogP contribution in [-0.2, 0) is 9.59 Å². The molecule has 8 aromatic rings. The molecule has 8 rings (SSSR count). The van der Waals surface area contributed by atoms with Gasteiger partial charge in [0.05, 0.1) is 0 Å². The Morgan fingerprint density at radius 2 is 0.662 bits per heavy atom. The molecule has 8 heteroatoms. The van der Waals surface area contributed by atoms with Crippen LogP contribution in [0, 0.1) is 0 Å². The summed E-state index contributed by atoms with van der Waals surface area (Å²) in [6, 6.07) is 76.5. The van der Waals surface area contributed by atoms with Gasteiger partial charge in [0, 0.05) is 0 Å². The molecule has 6 nitrogen and oxygen atoms in total. The first-order valence-electron chi connectivity index (χ1n) is 24.3. The van der Waals surface area contributed by atoms with Gasteiger partial charge in [-0.25, -0.2) is 0 Å². The molecule has 0 saturated carbocycles. The quantitative estimate of drug-likeness (QED) is 0.0260. The summed E-state index contributed by atoms with van der Waals surface area (Å²) >= 11 is 0. The second-order valence-electron chi connectivity index (χ2n) is 17.5. The van der Waals surface area contributed by atoms with Gasteiger partial charge in [-0.05, 0) is 0 Å². The van der Waals surface area contributed by atoms with Gasteiger partial charge in [0.15, 0.2) is 0 Å². The van der Waals surface area contributed by atoms with Crippen LogP contribution in [0.1, 0.15) is 30.4 Å². The number of allylic oxidation sites excluding steroid dienone is 2. The Labute approximate surface area is 420 Å². The van der Waals surface area contributed by atoms with E-state index in [0.717, 1.165) is 36.3 Å². The van der Waals surface area contributed by atoms with E-state index >= 15 is 0 Å². The van der Waals surface area contributed by atoms with Crippen molar-refractivity contribution in [3.8, 4) is 23.0 Å². The topological polar surface area (TPSA) is 71.1 Å². The Hall–Kier alpha value is -7.36. The molecule has 0 aliphatic rings. The van der Waals surface area contributed by atoms with E-state index in [-0.39, 0.29) is 18.0 Å². The van der Waals surface area contributed by atoms with Gasteiger partial charge in [0.2, 0.25) is 0 Å². The average molecular weight is 977 g/mol. The fourth-order valence-corrected chi connectivity index (χ4v) is 19.4. The molecular formula is C63H62O6P2. The molecule has 0 aliphatic carbocycles. The summed E-state index contributed by atoms with van der Waals surface area (Å²) in [5.41, 5.74) is 1.52. The van der Waals surface area contributed by atoms with Crippen molar-refractivity contribution < 1.29 is 28.5 Å². The van der Waals surface area contributed by atoms with Gasteiger partial charge in [-0.1, -0.05) is 0 Å². The summed E-state index contributed by atoms with van der Waals surface area (Å²) in [5, 5.41) is 8.21. The molecule has 0 aromatic heterocycles. The van der Waals surface area contributed by atoms with E-state index in [9.17, 15) is 9.59 Å². The standard InChI is InChI=1S/C63H62O6P2/c1-66-62-47-50(37-41-60(62)68-43-21-45-70(54-23-9-3-10-24-54,55-25-11-4-12-26-55)56-27-13-5-14-28-56)35-39-52(64)49-53(65)40-36-51-38-42-61(63(48-51)67-2)69-44-22-46-71(57-29-15-6-16-30-57,58-31-17-7-18-32-58)59-33-19-8-20-34-59/h3-20,23-42,47-48,70-71H,21-22,43-46,49H2,1-2H3/b39-35+,40-36+. The van der Waals surface area contributed by atoms with Crippen molar-refractivity contribution in [1.29, 1.82) is 0 Å². The molecule has 0 N–H and O–H groups in total. The predicted octanol–water partition coefficient (Wildman–Crippen LogP) is 10.9. The number of rotatable bonds is 24. The Morgan fingerprint density at radius 1 is 0.380 bits per heavy atom. The molecule has 0 unspecified atom stereocenters. The third-order valence-corrected chi connectivity index (χ3v) is 23.3. The first-order chi connectivity index (χ1) is 34.9. The van der Waals surface area contributed by atoms with Crippen LogP contribution < -0.4 is 50.8 Å². The van der Waals surface area contributed by atoms with Gasteiger partial charge in [0.1, 0.15) is 0 Å². The van der Waals surface area contributed by atoms with Gasteiger partial charge in [-0.15, -0.1) is 0 Å². The third kappa shape index (κ3) is 12.3. The van der Waals surface area contributed by atoms with Crippen molar-refractivity contribution in [2.75, 3.05) is 39.8 Å². The molecule has 0 spiro atoms. The molecule has 360 valence electrons.